The van der Waals surface area contributed by atoms with Gasteiger partial charge in [0.15, 0.2) is 0 Å². The van der Waals surface area contributed by atoms with Crippen LogP contribution in [0.25, 0.3) is 5.69 Å². The lowest BCUT2D eigenvalue weighted by Gasteiger charge is -2.12. The average Bonchev–Trinajstić information content (AvgIpc) is 2.75. The van der Waals surface area contributed by atoms with Crippen LogP contribution in [0.4, 0.5) is 0 Å². The van der Waals surface area contributed by atoms with Gasteiger partial charge in [0.1, 0.15) is 4.99 Å². The fourth-order valence-electron chi connectivity index (χ4n) is 1.78. The van der Waals surface area contributed by atoms with Crippen LogP contribution in [-0.4, -0.2) is 20.5 Å². The molecule has 3 nitrogen and oxygen atoms in total. The van der Waals surface area contributed by atoms with Gasteiger partial charge in [-0.2, -0.15) is 5.10 Å². The Morgan fingerprint density at radius 2 is 2.22 bits per heavy atom. The molecule has 0 aliphatic carbocycles. The molecule has 1 aromatic heterocycles. The van der Waals surface area contributed by atoms with Gasteiger partial charge in [0, 0.05) is 16.7 Å². The molecule has 0 fully saturated rings. The first-order valence-electron chi connectivity index (χ1n) is 5.71. The van der Waals surface area contributed by atoms with Crippen molar-refractivity contribution in [3.63, 3.8) is 0 Å². The largest absolute Gasteiger partial charge is 0.389 e. The SMILES string of the molecule is CCSc1cccc(-n2ccc(C)n2)c1C(N)=S. The molecule has 0 unspecified atom stereocenters. The molecule has 18 heavy (non-hydrogen) atoms. The molecular weight excluding hydrogens is 262 g/mol. The van der Waals surface area contributed by atoms with Crippen LogP contribution in [0.3, 0.4) is 0 Å². The summed E-state index contributed by atoms with van der Waals surface area (Å²) >= 11 is 6.92. The van der Waals surface area contributed by atoms with Crippen LogP contribution in [-0.2, 0) is 0 Å². The van der Waals surface area contributed by atoms with Crippen molar-refractivity contribution in [1.29, 1.82) is 0 Å². The van der Waals surface area contributed by atoms with Crippen molar-refractivity contribution in [3.8, 4) is 5.69 Å². The van der Waals surface area contributed by atoms with Gasteiger partial charge in [-0.1, -0.05) is 25.2 Å². The molecule has 1 heterocycles. The highest BCUT2D eigenvalue weighted by Gasteiger charge is 2.13. The number of aryl methyl sites for hydroxylation is 1. The van der Waals surface area contributed by atoms with E-state index in [0.717, 1.165) is 27.6 Å². The molecule has 0 amide bonds. The number of hydrogen-bond donors (Lipinski definition) is 1. The second-order valence-corrected chi connectivity index (χ2v) is 5.59. The molecule has 2 N–H and O–H groups in total. The van der Waals surface area contributed by atoms with E-state index in [1.807, 2.05) is 42.1 Å². The van der Waals surface area contributed by atoms with Gasteiger partial charge in [0.25, 0.3) is 0 Å². The number of nitrogens with zero attached hydrogens (tertiary/aromatic N) is 2. The zero-order chi connectivity index (χ0) is 13.1. The first kappa shape index (κ1) is 13.1. The summed E-state index contributed by atoms with van der Waals surface area (Å²) in [4.78, 5) is 1.52. The van der Waals surface area contributed by atoms with E-state index in [-0.39, 0.29) is 0 Å². The van der Waals surface area contributed by atoms with Gasteiger partial charge in [-0.15, -0.1) is 11.8 Å². The summed E-state index contributed by atoms with van der Waals surface area (Å²) in [5.41, 5.74) is 8.68. The summed E-state index contributed by atoms with van der Waals surface area (Å²) in [6, 6.07) is 8.00. The van der Waals surface area contributed by atoms with E-state index < -0.39 is 0 Å². The van der Waals surface area contributed by atoms with E-state index in [0.29, 0.717) is 4.99 Å². The number of thiocarbonyl (C=S) groups is 1. The molecule has 5 heteroatoms. The second kappa shape index (κ2) is 5.54. The van der Waals surface area contributed by atoms with Gasteiger partial charge in [0.2, 0.25) is 0 Å². The minimum Gasteiger partial charge on any atom is -0.389 e. The number of rotatable bonds is 4. The van der Waals surface area contributed by atoms with E-state index in [4.69, 9.17) is 18.0 Å². The Kier molecular flexibility index (Phi) is 4.04. The van der Waals surface area contributed by atoms with Gasteiger partial charge in [-0.25, -0.2) is 4.68 Å². The highest BCUT2D eigenvalue weighted by molar-refractivity contribution is 7.99. The Labute approximate surface area is 116 Å². The van der Waals surface area contributed by atoms with Crippen LogP contribution in [0.5, 0.6) is 0 Å². The van der Waals surface area contributed by atoms with Crippen molar-refractivity contribution in [2.45, 2.75) is 18.7 Å². The Hall–Kier alpha value is -1.33. The topological polar surface area (TPSA) is 43.8 Å². The van der Waals surface area contributed by atoms with E-state index in [1.54, 1.807) is 11.8 Å². The quantitative estimate of drug-likeness (QED) is 0.689. The maximum atomic E-state index is 5.87. The summed E-state index contributed by atoms with van der Waals surface area (Å²) < 4.78 is 1.82. The molecule has 1 aromatic carbocycles. The van der Waals surface area contributed by atoms with Crippen LogP contribution in [0, 0.1) is 6.92 Å². The minimum absolute atomic E-state index is 0.412. The fourth-order valence-corrected chi connectivity index (χ4v) is 2.91. The Morgan fingerprint density at radius 3 is 2.78 bits per heavy atom. The van der Waals surface area contributed by atoms with Crippen LogP contribution in [0.1, 0.15) is 18.2 Å². The molecule has 0 bridgehead atoms. The lowest BCUT2D eigenvalue weighted by Crippen LogP contribution is -2.15. The zero-order valence-electron chi connectivity index (χ0n) is 10.4. The third-order valence-electron chi connectivity index (χ3n) is 2.52. The molecular formula is C13H15N3S2. The Bertz CT molecular complexity index is 575. The number of hydrogen-bond acceptors (Lipinski definition) is 3. The predicted molar refractivity (Wildman–Crippen MR) is 80.6 cm³/mol. The highest BCUT2D eigenvalue weighted by Crippen LogP contribution is 2.27. The third-order valence-corrected chi connectivity index (χ3v) is 3.66. The number of aromatic nitrogens is 2. The second-order valence-electron chi connectivity index (χ2n) is 3.85. The molecule has 0 saturated heterocycles. The molecule has 0 atom stereocenters. The summed E-state index contributed by atoms with van der Waals surface area (Å²) in [6.45, 7) is 4.07. The summed E-state index contributed by atoms with van der Waals surface area (Å²) in [5.74, 6) is 0.983. The lowest BCUT2D eigenvalue weighted by molar-refractivity contribution is 0.857. The molecule has 0 saturated carbocycles. The van der Waals surface area contributed by atoms with Gasteiger partial charge < -0.3 is 5.73 Å². The predicted octanol–water partition coefficient (Wildman–Crippen LogP) is 2.93. The van der Waals surface area contributed by atoms with Crippen LogP contribution in [0.2, 0.25) is 0 Å². The zero-order valence-corrected chi connectivity index (χ0v) is 12.0. The van der Waals surface area contributed by atoms with Crippen molar-refractivity contribution in [3.05, 3.63) is 41.7 Å². The number of nitrogens with two attached hydrogens (primary N) is 1. The van der Waals surface area contributed by atoms with Crippen molar-refractivity contribution >= 4 is 29.0 Å². The normalized spacial score (nSPS) is 10.6. The molecule has 0 radical (unpaired) electrons. The summed E-state index contributed by atoms with van der Waals surface area (Å²) in [6.07, 6.45) is 1.92. The highest BCUT2D eigenvalue weighted by atomic mass is 32.2. The lowest BCUT2D eigenvalue weighted by atomic mass is 10.2. The number of benzene rings is 1. The van der Waals surface area contributed by atoms with E-state index in [1.165, 1.54) is 0 Å². The molecule has 2 aromatic rings. The average molecular weight is 277 g/mol. The standard InChI is InChI=1S/C13H15N3S2/c1-3-18-11-6-4-5-10(12(11)13(14)17)16-8-7-9(2)15-16/h4-8H,3H2,1-2H3,(H2,14,17). The van der Waals surface area contributed by atoms with Crippen molar-refractivity contribution in [2.24, 2.45) is 5.73 Å². The summed E-state index contributed by atoms with van der Waals surface area (Å²) in [7, 11) is 0. The first-order valence-corrected chi connectivity index (χ1v) is 7.11. The maximum Gasteiger partial charge on any atom is 0.107 e. The fraction of sp³-hybridized carbons (Fsp3) is 0.231. The van der Waals surface area contributed by atoms with Gasteiger partial charge in [-0.3, -0.25) is 0 Å². The van der Waals surface area contributed by atoms with Gasteiger partial charge in [0.05, 0.1) is 11.4 Å². The van der Waals surface area contributed by atoms with Crippen molar-refractivity contribution in [2.75, 3.05) is 5.75 Å². The van der Waals surface area contributed by atoms with Gasteiger partial charge >= 0.3 is 0 Å². The Morgan fingerprint density at radius 1 is 1.44 bits per heavy atom. The van der Waals surface area contributed by atoms with Crippen LogP contribution < -0.4 is 5.73 Å². The maximum absolute atomic E-state index is 5.87. The molecule has 0 aliphatic heterocycles. The minimum atomic E-state index is 0.412. The monoisotopic (exact) mass is 277 g/mol. The van der Waals surface area contributed by atoms with Crippen LogP contribution in [0.15, 0.2) is 35.4 Å². The Balaban J connectivity index is 2.59. The van der Waals surface area contributed by atoms with Crippen molar-refractivity contribution < 1.29 is 0 Å². The smallest absolute Gasteiger partial charge is 0.107 e. The van der Waals surface area contributed by atoms with Crippen LogP contribution >= 0.6 is 24.0 Å². The molecule has 2 rings (SSSR count). The first-order chi connectivity index (χ1) is 8.63. The van der Waals surface area contributed by atoms with E-state index in [2.05, 4.69) is 12.0 Å². The molecule has 0 spiro atoms. The van der Waals surface area contributed by atoms with Crippen molar-refractivity contribution in [1.82, 2.24) is 9.78 Å². The van der Waals surface area contributed by atoms with Gasteiger partial charge in [-0.05, 0) is 30.9 Å². The molecule has 0 aliphatic rings. The van der Waals surface area contributed by atoms with E-state index in [9.17, 15) is 0 Å². The third kappa shape index (κ3) is 2.57. The van der Waals surface area contributed by atoms with E-state index >= 15 is 0 Å². The summed E-state index contributed by atoms with van der Waals surface area (Å²) in [5, 5.41) is 4.42. The molecule has 94 valence electrons. The number of thioether (sulfide) groups is 1.